The van der Waals surface area contributed by atoms with Crippen LogP contribution in [0.15, 0.2) is 30.5 Å². The molecular weight excluding hydrogens is 195 g/mol. The Morgan fingerprint density at radius 3 is 2.33 bits per heavy atom. The third kappa shape index (κ3) is 1.85. The van der Waals surface area contributed by atoms with Crippen molar-refractivity contribution in [3.63, 3.8) is 0 Å². The predicted octanol–water partition coefficient (Wildman–Crippen LogP) is 1.45. The lowest BCUT2D eigenvalue weighted by molar-refractivity contribution is 0.628. The number of rotatable bonds is 1. The van der Waals surface area contributed by atoms with Crippen LogP contribution in [0.25, 0.3) is 11.4 Å². The molecule has 0 bridgehead atoms. The first kappa shape index (κ1) is 9.39. The minimum absolute atomic E-state index is 0.226. The molecule has 4 nitrogen and oxygen atoms in total. The molecule has 5 heteroatoms. The van der Waals surface area contributed by atoms with Crippen molar-refractivity contribution in [2.75, 3.05) is 11.5 Å². The number of anilines is 2. The Kier molecular flexibility index (Phi) is 2.21. The molecule has 1 aromatic carbocycles. The monoisotopic (exact) mass is 204 g/mol. The van der Waals surface area contributed by atoms with Gasteiger partial charge in [0, 0.05) is 5.56 Å². The highest BCUT2D eigenvalue weighted by Crippen LogP contribution is 2.18. The normalized spacial score (nSPS) is 10.2. The van der Waals surface area contributed by atoms with Crippen LogP contribution in [0.4, 0.5) is 15.9 Å². The maximum atomic E-state index is 12.7. The number of hydrogen-bond acceptors (Lipinski definition) is 4. The van der Waals surface area contributed by atoms with Crippen LogP contribution in [0, 0.1) is 5.82 Å². The maximum Gasteiger partial charge on any atom is 0.161 e. The van der Waals surface area contributed by atoms with Crippen molar-refractivity contribution < 1.29 is 4.39 Å². The maximum absolute atomic E-state index is 12.7. The molecule has 0 fully saturated rings. The Labute approximate surface area is 85.8 Å². The number of nitrogens with zero attached hydrogens (tertiary/aromatic N) is 2. The molecule has 2 rings (SSSR count). The summed E-state index contributed by atoms with van der Waals surface area (Å²) in [7, 11) is 0. The number of nitrogen functional groups attached to an aromatic ring is 2. The van der Waals surface area contributed by atoms with Gasteiger partial charge in [-0.15, -0.1) is 0 Å². The van der Waals surface area contributed by atoms with E-state index in [9.17, 15) is 4.39 Å². The van der Waals surface area contributed by atoms with Crippen LogP contribution in [-0.2, 0) is 0 Å². The van der Waals surface area contributed by atoms with E-state index in [4.69, 9.17) is 11.5 Å². The van der Waals surface area contributed by atoms with Gasteiger partial charge in [-0.2, -0.15) is 0 Å². The van der Waals surface area contributed by atoms with Crippen LogP contribution >= 0.6 is 0 Å². The molecule has 0 radical (unpaired) electrons. The van der Waals surface area contributed by atoms with Crippen LogP contribution in [0.2, 0.25) is 0 Å². The van der Waals surface area contributed by atoms with Gasteiger partial charge in [0.1, 0.15) is 5.82 Å². The largest absolute Gasteiger partial charge is 0.394 e. The molecule has 0 aliphatic carbocycles. The fourth-order valence-electron chi connectivity index (χ4n) is 1.14. The van der Waals surface area contributed by atoms with E-state index in [0.717, 1.165) is 0 Å². The van der Waals surface area contributed by atoms with Crippen LogP contribution in [0.1, 0.15) is 0 Å². The van der Waals surface area contributed by atoms with E-state index in [1.165, 1.54) is 18.3 Å². The molecule has 0 saturated heterocycles. The molecular formula is C10H9FN4. The summed E-state index contributed by atoms with van der Waals surface area (Å²) in [5.41, 5.74) is 12.1. The second kappa shape index (κ2) is 3.53. The van der Waals surface area contributed by atoms with Crippen molar-refractivity contribution in [3.05, 3.63) is 36.3 Å². The molecule has 0 atom stereocenters. The van der Waals surface area contributed by atoms with Gasteiger partial charge in [-0.05, 0) is 24.3 Å². The topological polar surface area (TPSA) is 77.8 Å². The molecule has 1 heterocycles. The van der Waals surface area contributed by atoms with Gasteiger partial charge in [0.2, 0.25) is 0 Å². The van der Waals surface area contributed by atoms with Crippen LogP contribution in [0.3, 0.4) is 0 Å². The highest BCUT2D eigenvalue weighted by atomic mass is 19.1. The molecule has 76 valence electrons. The third-order valence-electron chi connectivity index (χ3n) is 1.95. The zero-order valence-electron chi connectivity index (χ0n) is 7.81. The zero-order valence-corrected chi connectivity index (χ0v) is 7.81. The molecule has 15 heavy (non-hydrogen) atoms. The van der Waals surface area contributed by atoms with E-state index in [2.05, 4.69) is 9.97 Å². The van der Waals surface area contributed by atoms with Crippen LogP contribution < -0.4 is 11.5 Å². The van der Waals surface area contributed by atoms with Gasteiger partial charge in [0.15, 0.2) is 11.6 Å². The van der Waals surface area contributed by atoms with Gasteiger partial charge in [0.25, 0.3) is 0 Å². The molecule has 4 N–H and O–H groups in total. The summed E-state index contributed by atoms with van der Waals surface area (Å²) in [4.78, 5) is 7.99. The Balaban J connectivity index is 2.45. The lowest BCUT2D eigenvalue weighted by atomic mass is 10.2. The van der Waals surface area contributed by atoms with Crippen molar-refractivity contribution in [2.24, 2.45) is 0 Å². The fourth-order valence-corrected chi connectivity index (χ4v) is 1.14. The first-order chi connectivity index (χ1) is 7.16. The van der Waals surface area contributed by atoms with E-state index in [0.29, 0.717) is 17.1 Å². The Morgan fingerprint density at radius 1 is 1.07 bits per heavy atom. The van der Waals surface area contributed by atoms with Crippen LogP contribution in [-0.4, -0.2) is 9.97 Å². The average molecular weight is 204 g/mol. The van der Waals surface area contributed by atoms with E-state index < -0.39 is 0 Å². The summed E-state index contributed by atoms with van der Waals surface area (Å²) in [6.45, 7) is 0. The lowest BCUT2D eigenvalue weighted by Gasteiger charge is -2.02. The lowest BCUT2D eigenvalue weighted by Crippen LogP contribution is -2.00. The number of aromatic nitrogens is 2. The average Bonchev–Trinajstić information content (AvgIpc) is 2.23. The minimum atomic E-state index is -0.304. The van der Waals surface area contributed by atoms with E-state index in [1.54, 1.807) is 12.1 Å². The third-order valence-corrected chi connectivity index (χ3v) is 1.95. The minimum Gasteiger partial charge on any atom is -0.394 e. The van der Waals surface area contributed by atoms with Gasteiger partial charge in [-0.3, -0.25) is 0 Å². The quantitative estimate of drug-likeness (QED) is 0.736. The van der Waals surface area contributed by atoms with E-state index >= 15 is 0 Å². The molecule has 0 amide bonds. The van der Waals surface area contributed by atoms with Gasteiger partial charge in [-0.1, -0.05) is 0 Å². The number of benzene rings is 1. The highest BCUT2D eigenvalue weighted by molar-refractivity contribution is 5.63. The molecule has 0 aliphatic rings. The summed E-state index contributed by atoms with van der Waals surface area (Å²) < 4.78 is 12.7. The SMILES string of the molecule is Nc1cnc(-c2ccc(F)cc2)nc1N. The summed E-state index contributed by atoms with van der Waals surface area (Å²) >= 11 is 0. The number of nitrogens with two attached hydrogens (primary N) is 2. The van der Waals surface area contributed by atoms with Crippen LogP contribution in [0.5, 0.6) is 0 Å². The van der Waals surface area contributed by atoms with Crippen molar-refractivity contribution in [1.29, 1.82) is 0 Å². The molecule has 2 aromatic rings. The highest BCUT2D eigenvalue weighted by Gasteiger charge is 2.03. The summed E-state index contributed by atoms with van der Waals surface area (Å²) in [6.07, 6.45) is 1.43. The predicted molar refractivity (Wildman–Crippen MR) is 56.3 cm³/mol. The summed E-state index contributed by atoms with van der Waals surface area (Å²) in [5, 5.41) is 0. The van der Waals surface area contributed by atoms with Gasteiger partial charge in [-0.25, -0.2) is 14.4 Å². The summed E-state index contributed by atoms with van der Waals surface area (Å²) in [6, 6.07) is 5.84. The van der Waals surface area contributed by atoms with Crippen molar-refractivity contribution in [1.82, 2.24) is 9.97 Å². The number of halogens is 1. The van der Waals surface area contributed by atoms with E-state index in [1.807, 2.05) is 0 Å². The first-order valence-corrected chi connectivity index (χ1v) is 4.31. The zero-order chi connectivity index (χ0) is 10.8. The number of hydrogen-bond donors (Lipinski definition) is 2. The van der Waals surface area contributed by atoms with Gasteiger partial charge < -0.3 is 11.5 Å². The Morgan fingerprint density at radius 2 is 1.73 bits per heavy atom. The second-order valence-electron chi connectivity index (χ2n) is 3.04. The second-order valence-corrected chi connectivity index (χ2v) is 3.04. The van der Waals surface area contributed by atoms with Crippen molar-refractivity contribution in [2.45, 2.75) is 0 Å². The fraction of sp³-hybridized carbons (Fsp3) is 0. The van der Waals surface area contributed by atoms with Crippen molar-refractivity contribution in [3.8, 4) is 11.4 Å². The summed E-state index contributed by atoms with van der Waals surface area (Å²) in [5.74, 6) is 0.355. The molecule has 1 aromatic heterocycles. The molecule has 0 unspecified atom stereocenters. The molecule has 0 aliphatic heterocycles. The standard InChI is InChI=1S/C10H9FN4/c11-7-3-1-6(2-4-7)10-14-5-8(12)9(13)15-10/h1-5H,12H2,(H2,13,14,15). The smallest absolute Gasteiger partial charge is 0.161 e. The molecule has 0 saturated carbocycles. The Hall–Kier alpha value is -2.17. The first-order valence-electron chi connectivity index (χ1n) is 4.31. The van der Waals surface area contributed by atoms with Crippen molar-refractivity contribution >= 4 is 11.5 Å². The molecule has 0 spiro atoms. The van der Waals surface area contributed by atoms with E-state index in [-0.39, 0.29) is 11.6 Å². The van der Waals surface area contributed by atoms with Gasteiger partial charge in [0.05, 0.1) is 11.9 Å². The Bertz CT molecular complexity index is 481. The van der Waals surface area contributed by atoms with Gasteiger partial charge >= 0.3 is 0 Å².